The van der Waals surface area contributed by atoms with Gasteiger partial charge in [-0.3, -0.25) is 14.5 Å². The topological polar surface area (TPSA) is 58.4 Å². The molecular formula is C19H26N4O2. The summed E-state index contributed by atoms with van der Waals surface area (Å²) in [4.78, 5) is 34.4. The van der Waals surface area contributed by atoms with Gasteiger partial charge in [-0.25, -0.2) is 4.98 Å². The minimum atomic E-state index is -0.215. The first-order chi connectivity index (χ1) is 12.0. The van der Waals surface area contributed by atoms with Gasteiger partial charge in [-0.15, -0.1) is 0 Å². The molecule has 0 atom stereocenters. The molecule has 0 saturated carbocycles. The highest BCUT2D eigenvalue weighted by atomic mass is 16.2. The van der Waals surface area contributed by atoms with Gasteiger partial charge in [0.2, 0.25) is 5.43 Å². The Balaban J connectivity index is 1.93. The summed E-state index contributed by atoms with van der Waals surface area (Å²) in [5, 5.41) is 0.517. The molecule has 2 aromatic rings. The summed E-state index contributed by atoms with van der Waals surface area (Å²) in [6, 6.07) is 3.60. The van der Waals surface area contributed by atoms with E-state index in [-0.39, 0.29) is 16.9 Å². The van der Waals surface area contributed by atoms with Crippen LogP contribution in [0.1, 0.15) is 36.3 Å². The highest BCUT2D eigenvalue weighted by Crippen LogP contribution is 2.13. The lowest BCUT2D eigenvalue weighted by Crippen LogP contribution is -2.49. The van der Waals surface area contributed by atoms with Crippen LogP contribution in [0.15, 0.2) is 23.1 Å². The molecule has 134 valence electrons. The number of hydrogen-bond donors (Lipinski definition) is 0. The van der Waals surface area contributed by atoms with Crippen LogP contribution < -0.4 is 5.43 Å². The second-order valence-corrected chi connectivity index (χ2v) is 6.62. The van der Waals surface area contributed by atoms with Crippen LogP contribution in [0.5, 0.6) is 0 Å². The molecule has 1 fully saturated rings. The Hall–Kier alpha value is -2.21. The molecule has 6 nitrogen and oxygen atoms in total. The zero-order valence-electron chi connectivity index (χ0n) is 15.3. The molecule has 0 bridgehead atoms. The molecule has 0 unspecified atom stereocenters. The van der Waals surface area contributed by atoms with Crippen molar-refractivity contribution in [1.82, 2.24) is 19.4 Å². The van der Waals surface area contributed by atoms with Crippen molar-refractivity contribution in [2.45, 2.75) is 33.7 Å². The Morgan fingerprint density at radius 1 is 1.16 bits per heavy atom. The van der Waals surface area contributed by atoms with Crippen molar-refractivity contribution >= 4 is 16.9 Å². The summed E-state index contributed by atoms with van der Waals surface area (Å²) in [6.45, 7) is 10.9. The smallest absolute Gasteiger partial charge is 0.259 e. The van der Waals surface area contributed by atoms with Crippen LogP contribution >= 0.6 is 0 Å². The second-order valence-electron chi connectivity index (χ2n) is 6.62. The number of aryl methyl sites for hydroxylation is 2. The maximum absolute atomic E-state index is 12.9. The Labute approximate surface area is 148 Å². The van der Waals surface area contributed by atoms with E-state index in [0.29, 0.717) is 30.7 Å². The minimum absolute atomic E-state index is 0.161. The largest absolute Gasteiger partial charge is 0.336 e. The number of fused-ring (bicyclic) bond motifs is 1. The Bertz CT molecular complexity index is 835. The molecule has 3 rings (SSSR count). The molecule has 25 heavy (non-hydrogen) atoms. The van der Waals surface area contributed by atoms with Crippen LogP contribution in [-0.2, 0) is 6.54 Å². The molecule has 0 spiro atoms. The standard InChI is InChI=1S/C19H26N4O2/c1-4-8-21-9-11-23(12-10-21)19(25)16-13-22(5-2)18-15(17(16)24)7-6-14(3)20-18/h6-7,13H,4-5,8-12H2,1-3H3. The van der Waals surface area contributed by atoms with E-state index < -0.39 is 0 Å². The van der Waals surface area contributed by atoms with Crippen molar-refractivity contribution in [2.24, 2.45) is 0 Å². The SMILES string of the molecule is CCCN1CCN(C(=O)c2cn(CC)c3nc(C)ccc3c2=O)CC1. The number of carbonyl (C=O) groups excluding carboxylic acids is 1. The molecule has 1 aliphatic rings. The molecule has 0 aliphatic carbocycles. The van der Waals surface area contributed by atoms with Gasteiger partial charge in [-0.1, -0.05) is 6.92 Å². The van der Waals surface area contributed by atoms with Gasteiger partial charge < -0.3 is 9.47 Å². The van der Waals surface area contributed by atoms with Gasteiger partial charge in [0.1, 0.15) is 11.2 Å². The van der Waals surface area contributed by atoms with Crippen molar-refractivity contribution in [2.75, 3.05) is 32.7 Å². The van der Waals surface area contributed by atoms with Gasteiger partial charge in [0.05, 0.1) is 5.39 Å². The summed E-state index contributed by atoms with van der Waals surface area (Å²) in [5.41, 5.74) is 1.55. The number of piperazine rings is 1. The maximum Gasteiger partial charge on any atom is 0.259 e. The summed E-state index contributed by atoms with van der Waals surface area (Å²) >= 11 is 0. The number of nitrogens with zero attached hydrogens (tertiary/aromatic N) is 4. The van der Waals surface area contributed by atoms with Crippen molar-refractivity contribution in [3.8, 4) is 0 Å². The third-order valence-corrected chi connectivity index (χ3v) is 4.83. The summed E-state index contributed by atoms with van der Waals surface area (Å²) < 4.78 is 1.89. The van der Waals surface area contributed by atoms with E-state index in [1.54, 1.807) is 17.2 Å². The van der Waals surface area contributed by atoms with Crippen LogP contribution in [-0.4, -0.2) is 58.0 Å². The van der Waals surface area contributed by atoms with Gasteiger partial charge in [-0.05, 0) is 38.9 Å². The van der Waals surface area contributed by atoms with E-state index in [4.69, 9.17) is 0 Å². The van der Waals surface area contributed by atoms with E-state index in [0.717, 1.165) is 31.7 Å². The molecule has 0 N–H and O–H groups in total. The third-order valence-electron chi connectivity index (χ3n) is 4.83. The fourth-order valence-electron chi connectivity index (χ4n) is 3.41. The molecule has 2 aromatic heterocycles. The number of carbonyl (C=O) groups is 1. The van der Waals surface area contributed by atoms with Gasteiger partial charge in [0.15, 0.2) is 0 Å². The number of pyridine rings is 2. The number of hydrogen-bond acceptors (Lipinski definition) is 4. The summed E-state index contributed by atoms with van der Waals surface area (Å²) in [6.07, 6.45) is 2.80. The monoisotopic (exact) mass is 342 g/mol. The lowest BCUT2D eigenvalue weighted by atomic mass is 10.1. The minimum Gasteiger partial charge on any atom is -0.336 e. The Kier molecular flexibility index (Phi) is 5.18. The molecule has 1 aliphatic heterocycles. The number of amides is 1. The molecular weight excluding hydrogens is 316 g/mol. The van der Waals surface area contributed by atoms with E-state index in [2.05, 4.69) is 16.8 Å². The average molecular weight is 342 g/mol. The highest BCUT2D eigenvalue weighted by Gasteiger charge is 2.25. The van der Waals surface area contributed by atoms with E-state index in [1.165, 1.54) is 0 Å². The predicted octanol–water partition coefficient (Wildman–Crippen LogP) is 1.89. The number of rotatable bonds is 4. The zero-order chi connectivity index (χ0) is 18.0. The Morgan fingerprint density at radius 3 is 2.52 bits per heavy atom. The molecule has 1 amide bonds. The molecule has 3 heterocycles. The lowest BCUT2D eigenvalue weighted by Gasteiger charge is -2.34. The van der Waals surface area contributed by atoms with Crippen molar-refractivity contribution in [3.05, 3.63) is 39.8 Å². The second kappa shape index (κ2) is 7.35. The van der Waals surface area contributed by atoms with Crippen LogP contribution in [0.25, 0.3) is 11.0 Å². The van der Waals surface area contributed by atoms with Gasteiger partial charge in [-0.2, -0.15) is 0 Å². The van der Waals surface area contributed by atoms with Gasteiger partial charge in [0, 0.05) is 44.6 Å². The van der Waals surface area contributed by atoms with Gasteiger partial charge in [0.25, 0.3) is 5.91 Å². The summed E-state index contributed by atoms with van der Waals surface area (Å²) in [7, 11) is 0. The lowest BCUT2D eigenvalue weighted by molar-refractivity contribution is 0.0635. The Morgan fingerprint density at radius 2 is 1.88 bits per heavy atom. The molecule has 0 radical (unpaired) electrons. The third kappa shape index (κ3) is 3.44. The van der Waals surface area contributed by atoms with Crippen molar-refractivity contribution in [3.63, 3.8) is 0 Å². The first kappa shape index (κ1) is 17.6. The van der Waals surface area contributed by atoms with E-state index in [1.807, 2.05) is 24.5 Å². The van der Waals surface area contributed by atoms with Crippen LogP contribution in [0, 0.1) is 6.92 Å². The van der Waals surface area contributed by atoms with Crippen molar-refractivity contribution in [1.29, 1.82) is 0 Å². The first-order valence-electron chi connectivity index (χ1n) is 9.07. The maximum atomic E-state index is 12.9. The highest BCUT2D eigenvalue weighted by molar-refractivity contribution is 5.97. The predicted molar refractivity (Wildman–Crippen MR) is 99.0 cm³/mol. The van der Waals surface area contributed by atoms with Gasteiger partial charge >= 0.3 is 0 Å². The average Bonchev–Trinajstić information content (AvgIpc) is 2.62. The normalized spacial score (nSPS) is 15.7. The van der Waals surface area contributed by atoms with E-state index in [9.17, 15) is 9.59 Å². The van der Waals surface area contributed by atoms with Crippen LogP contribution in [0.2, 0.25) is 0 Å². The quantitative estimate of drug-likeness (QED) is 0.851. The van der Waals surface area contributed by atoms with Crippen molar-refractivity contribution < 1.29 is 4.79 Å². The van der Waals surface area contributed by atoms with Crippen LogP contribution in [0.4, 0.5) is 0 Å². The summed E-state index contributed by atoms with van der Waals surface area (Å²) in [5.74, 6) is -0.161. The zero-order valence-corrected chi connectivity index (χ0v) is 15.3. The molecule has 0 aromatic carbocycles. The molecule has 6 heteroatoms. The fourth-order valence-corrected chi connectivity index (χ4v) is 3.41. The first-order valence-corrected chi connectivity index (χ1v) is 9.07. The van der Waals surface area contributed by atoms with E-state index >= 15 is 0 Å². The fraction of sp³-hybridized carbons (Fsp3) is 0.526. The van der Waals surface area contributed by atoms with Crippen LogP contribution in [0.3, 0.4) is 0 Å². The number of aromatic nitrogens is 2. The molecule has 1 saturated heterocycles.